The molecule has 1 aliphatic heterocycles. The summed E-state index contributed by atoms with van der Waals surface area (Å²) in [6, 6.07) is 6.41. The van der Waals surface area contributed by atoms with Gasteiger partial charge in [-0.05, 0) is 19.1 Å². The molecule has 0 radical (unpaired) electrons. The molecule has 1 amide bonds. The van der Waals surface area contributed by atoms with E-state index in [1.54, 1.807) is 12.1 Å². The third kappa shape index (κ3) is 2.13. The summed E-state index contributed by atoms with van der Waals surface area (Å²) in [5, 5.41) is 0. The molecule has 0 bridgehead atoms. The van der Waals surface area contributed by atoms with E-state index in [0.717, 1.165) is 9.87 Å². The number of hydrogen-bond donors (Lipinski definition) is 0. The number of amides is 1. The van der Waals surface area contributed by atoms with Gasteiger partial charge in [0.1, 0.15) is 6.23 Å². The van der Waals surface area contributed by atoms with Gasteiger partial charge < -0.3 is 4.74 Å². The van der Waals surface area contributed by atoms with Gasteiger partial charge in [-0.15, -0.1) is 0 Å². The lowest BCUT2D eigenvalue weighted by Crippen LogP contribution is -2.39. The molecule has 1 unspecified atom stereocenters. The van der Waals surface area contributed by atoms with Crippen LogP contribution in [0.5, 0.6) is 0 Å². The second kappa shape index (κ2) is 4.70. The lowest BCUT2D eigenvalue weighted by Gasteiger charge is -2.22. The fourth-order valence-corrected chi connectivity index (χ4v) is 3.53. The summed E-state index contributed by atoms with van der Waals surface area (Å²) in [6.45, 7) is 1.87. The average Bonchev–Trinajstić information content (AvgIpc) is 2.71. The highest BCUT2D eigenvalue weighted by Crippen LogP contribution is 2.27. The highest BCUT2D eigenvalue weighted by Gasteiger charge is 2.40. The van der Waals surface area contributed by atoms with Crippen molar-refractivity contribution in [3.05, 3.63) is 29.8 Å². The third-order valence-electron chi connectivity index (χ3n) is 2.96. The number of carbonyl (C=O) groups is 1. The number of hydrogen-bond acceptors (Lipinski definition) is 4. The van der Waals surface area contributed by atoms with Crippen molar-refractivity contribution in [3.8, 4) is 0 Å². The topological polar surface area (TPSA) is 63.7 Å². The monoisotopic (exact) mass is 269 g/mol. The van der Waals surface area contributed by atoms with E-state index in [0.29, 0.717) is 6.42 Å². The van der Waals surface area contributed by atoms with Crippen LogP contribution >= 0.6 is 0 Å². The maximum atomic E-state index is 12.4. The molecule has 1 fully saturated rings. The first-order valence-electron chi connectivity index (χ1n) is 5.63. The van der Waals surface area contributed by atoms with Gasteiger partial charge in [0.15, 0.2) is 0 Å². The number of sulfonamides is 1. The Balaban J connectivity index is 2.41. The maximum absolute atomic E-state index is 12.4. The predicted octanol–water partition coefficient (Wildman–Crippen LogP) is 1.28. The van der Waals surface area contributed by atoms with E-state index in [1.165, 1.54) is 19.2 Å². The number of methoxy groups -OCH3 is 1. The van der Waals surface area contributed by atoms with Gasteiger partial charge in [0.05, 0.1) is 4.90 Å². The SMILES string of the molecule is COC1CCC(=O)N1S(=O)(=O)c1ccc(C)cc1. The molecule has 98 valence electrons. The normalized spacial score (nSPS) is 20.4. The summed E-state index contributed by atoms with van der Waals surface area (Å²) in [6.07, 6.45) is -0.0897. The van der Waals surface area contributed by atoms with Gasteiger partial charge in [0.25, 0.3) is 10.0 Å². The molecule has 0 aliphatic carbocycles. The van der Waals surface area contributed by atoms with Crippen molar-refractivity contribution in [2.45, 2.75) is 30.9 Å². The van der Waals surface area contributed by atoms with Crippen molar-refractivity contribution in [2.24, 2.45) is 0 Å². The Morgan fingerprint density at radius 3 is 2.44 bits per heavy atom. The molecule has 18 heavy (non-hydrogen) atoms. The van der Waals surface area contributed by atoms with E-state index in [4.69, 9.17) is 4.74 Å². The van der Waals surface area contributed by atoms with E-state index in [-0.39, 0.29) is 11.3 Å². The lowest BCUT2D eigenvalue weighted by molar-refractivity contribution is -0.127. The van der Waals surface area contributed by atoms with E-state index in [1.807, 2.05) is 6.92 Å². The fourth-order valence-electron chi connectivity index (χ4n) is 1.96. The zero-order valence-electron chi connectivity index (χ0n) is 10.3. The van der Waals surface area contributed by atoms with Crippen LogP contribution in [0.4, 0.5) is 0 Å². The highest BCUT2D eigenvalue weighted by atomic mass is 32.2. The van der Waals surface area contributed by atoms with E-state index >= 15 is 0 Å². The standard InChI is InChI=1S/C12H15NO4S/c1-9-3-5-10(6-4-9)18(15,16)13-11(14)7-8-12(13)17-2/h3-6,12H,7-8H2,1-2H3. The second-order valence-corrected chi connectivity index (χ2v) is 6.05. The quantitative estimate of drug-likeness (QED) is 0.829. The molecule has 1 aromatic carbocycles. The zero-order chi connectivity index (χ0) is 13.3. The number of rotatable bonds is 3. The maximum Gasteiger partial charge on any atom is 0.268 e. The molecule has 1 saturated heterocycles. The highest BCUT2D eigenvalue weighted by molar-refractivity contribution is 7.89. The van der Waals surface area contributed by atoms with Crippen molar-refractivity contribution in [2.75, 3.05) is 7.11 Å². The molecule has 0 saturated carbocycles. The van der Waals surface area contributed by atoms with Crippen LogP contribution in [0.2, 0.25) is 0 Å². The van der Waals surface area contributed by atoms with Crippen molar-refractivity contribution in [1.29, 1.82) is 0 Å². The first kappa shape index (κ1) is 13.0. The molecule has 2 rings (SSSR count). The number of nitrogens with zero attached hydrogens (tertiary/aromatic N) is 1. The van der Waals surface area contributed by atoms with Gasteiger partial charge in [0, 0.05) is 20.0 Å². The molecule has 1 heterocycles. The second-order valence-electron chi connectivity index (χ2n) is 4.24. The number of benzene rings is 1. The van der Waals surface area contributed by atoms with Crippen LogP contribution in [-0.4, -0.2) is 32.0 Å². The zero-order valence-corrected chi connectivity index (χ0v) is 11.1. The lowest BCUT2D eigenvalue weighted by atomic mass is 10.2. The summed E-state index contributed by atoms with van der Waals surface area (Å²) in [5.74, 6) is -0.414. The Labute approximate surface area is 106 Å². The van der Waals surface area contributed by atoms with Crippen molar-refractivity contribution < 1.29 is 17.9 Å². The van der Waals surface area contributed by atoms with E-state index < -0.39 is 22.2 Å². The Bertz CT molecular complexity index is 550. The minimum Gasteiger partial charge on any atom is -0.360 e. The van der Waals surface area contributed by atoms with Crippen LogP contribution < -0.4 is 0 Å². The molecule has 5 nitrogen and oxygen atoms in total. The van der Waals surface area contributed by atoms with Crippen molar-refractivity contribution >= 4 is 15.9 Å². The Morgan fingerprint density at radius 1 is 1.28 bits per heavy atom. The van der Waals surface area contributed by atoms with Gasteiger partial charge in [0.2, 0.25) is 5.91 Å². The molecular formula is C12H15NO4S. The van der Waals surface area contributed by atoms with Crippen molar-refractivity contribution in [3.63, 3.8) is 0 Å². The molecule has 1 atom stereocenters. The summed E-state index contributed by atoms with van der Waals surface area (Å²) in [7, 11) is -2.40. The molecule has 1 aliphatic rings. The molecule has 1 aromatic rings. The smallest absolute Gasteiger partial charge is 0.268 e. The fraction of sp³-hybridized carbons (Fsp3) is 0.417. The van der Waals surface area contributed by atoms with Crippen LogP contribution in [0.1, 0.15) is 18.4 Å². The van der Waals surface area contributed by atoms with Gasteiger partial charge in [-0.3, -0.25) is 4.79 Å². The number of aryl methyl sites for hydroxylation is 1. The first-order valence-corrected chi connectivity index (χ1v) is 7.07. The van der Waals surface area contributed by atoms with E-state index in [9.17, 15) is 13.2 Å². The largest absolute Gasteiger partial charge is 0.360 e. The minimum absolute atomic E-state index is 0.116. The molecule has 6 heteroatoms. The summed E-state index contributed by atoms with van der Waals surface area (Å²) in [5.41, 5.74) is 0.963. The van der Waals surface area contributed by atoms with Crippen LogP contribution in [0.15, 0.2) is 29.2 Å². The third-order valence-corrected chi connectivity index (χ3v) is 4.79. The Morgan fingerprint density at radius 2 is 1.89 bits per heavy atom. The van der Waals surface area contributed by atoms with Gasteiger partial charge in [-0.2, -0.15) is 0 Å². The number of carbonyl (C=O) groups excluding carboxylic acids is 1. The minimum atomic E-state index is -3.81. The predicted molar refractivity (Wildman–Crippen MR) is 65.2 cm³/mol. The van der Waals surface area contributed by atoms with Gasteiger partial charge in [-0.1, -0.05) is 17.7 Å². The van der Waals surface area contributed by atoms with Crippen LogP contribution in [0.25, 0.3) is 0 Å². The molecular weight excluding hydrogens is 254 g/mol. The average molecular weight is 269 g/mol. The first-order chi connectivity index (χ1) is 8.46. The molecule has 0 N–H and O–H groups in total. The summed E-state index contributed by atoms with van der Waals surface area (Å²) in [4.78, 5) is 11.8. The molecule has 0 aromatic heterocycles. The molecule has 0 spiro atoms. The Kier molecular flexibility index (Phi) is 3.41. The summed E-state index contributed by atoms with van der Waals surface area (Å²) >= 11 is 0. The summed E-state index contributed by atoms with van der Waals surface area (Å²) < 4.78 is 30.6. The van der Waals surface area contributed by atoms with Crippen LogP contribution in [0, 0.1) is 6.92 Å². The number of ether oxygens (including phenoxy) is 1. The van der Waals surface area contributed by atoms with Crippen LogP contribution in [0.3, 0.4) is 0 Å². The Hall–Kier alpha value is -1.40. The van der Waals surface area contributed by atoms with E-state index in [2.05, 4.69) is 0 Å². The van der Waals surface area contributed by atoms with Gasteiger partial charge in [-0.25, -0.2) is 12.7 Å². The van der Waals surface area contributed by atoms with Crippen molar-refractivity contribution in [1.82, 2.24) is 4.31 Å². The van der Waals surface area contributed by atoms with Crippen LogP contribution in [-0.2, 0) is 19.6 Å². The van der Waals surface area contributed by atoms with Gasteiger partial charge >= 0.3 is 0 Å².